The zero-order valence-electron chi connectivity index (χ0n) is 12.1. The van der Waals surface area contributed by atoms with Crippen molar-refractivity contribution < 1.29 is 19.1 Å². The van der Waals surface area contributed by atoms with Crippen molar-refractivity contribution in [3.63, 3.8) is 0 Å². The normalized spacial score (nSPS) is 10.4. The number of esters is 1. The summed E-state index contributed by atoms with van der Waals surface area (Å²) >= 11 is 0. The van der Waals surface area contributed by atoms with Gasteiger partial charge in [0.1, 0.15) is 5.82 Å². The van der Waals surface area contributed by atoms with E-state index in [-0.39, 0.29) is 6.61 Å². The van der Waals surface area contributed by atoms with Crippen molar-refractivity contribution in [2.24, 2.45) is 0 Å². The van der Waals surface area contributed by atoms with Crippen LogP contribution >= 0.6 is 0 Å². The molecule has 0 aliphatic rings. The number of hydrogen-bond acceptors (Lipinski definition) is 4. The SMILES string of the molecule is CCOC(=O)c1cc(N(C(C)=O)C(C)=O)n2ccccc12. The van der Waals surface area contributed by atoms with Crippen LogP contribution in [0, 0.1) is 0 Å². The standard InChI is InChI=1S/C15H16N2O4/c1-4-21-15(20)12-9-14(17(10(2)18)11(3)19)16-8-6-5-7-13(12)16/h5-9H,4H2,1-3H3. The Bertz CT molecular complexity index is 704. The number of pyridine rings is 1. The average Bonchev–Trinajstić information content (AvgIpc) is 2.78. The summed E-state index contributed by atoms with van der Waals surface area (Å²) in [4.78, 5) is 36.5. The lowest BCUT2D eigenvalue weighted by Gasteiger charge is -2.16. The third kappa shape index (κ3) is 2.65. The molecule has 2 heterocycles. The Balaban J connectivity index is 2.67. The number of carbonyl (C=O) groups is 3. The highest BCUT2D eigenvalue weighted by Crippen LogP contribution is 2.25. The van der Waals surface area contributed by atoms with Crippen LogP contribution in [0.2, 0.25) is 0 Å². The van der Waals surface area contributed by atoms with Crippen LogP contribution in [-0.2, 0) is 14.3 Å². The topological polar surface area (TPSA) is 68.1 Å². The third-order valence-corrected chi connectivity index (χ3v) is 3.01. The highest BCUT2D eigenvalue weighted by molar-refractivity contribution is 6.14. The largest absolute Gasteiger partial charge is 0.462 e. The molecule has 6 nitrogen and oxygen atoms in total. The maximum atomic E-state index is 12.0. The number of carbonyl (C=O) groups excluding carboxylic acids is 3. The lowest BCUT2D eigenvalue weighted by Crippen LogP contribution is -2.34. The van der Waals surface area contributed by atoms with Crippen LogP contribution in [0.4, 0.5) is 5.82 Å². The second-order valence-corrected chi connectivity index (χ2v) is 4.47. The van der Waals surface area contributed by atoms with E-state index in [1.165, 1.54) is 19.9 Å². The van der Waals surface area contributed by atoms with E-state index in [1.807, 2.05) is 0 Å². The quantitative estimate of drug-likeness (QED) is 0.810. The fourth-order valence-corrected chi connectivity index (χ4v) is 2.22. The summed E-state index contributed by atoms with van der Waals surface area (Å²) in [5, 5.41) is 0. The van der Waals surface area contributed by atoms with Crippen LogP contribution in [0.3, 0.4) is 0 Å². The van der Waals surface area contributed by atoms with Gasteiger partial charge in [-0.3, -0.25) is 9.59 Å². The molecule has 0 radical (unpaired) electrons. The van der Waals surface area contributed by atoms with Crippen molar-refractivity contribution in [1.82, 2.24) is 4.40 Å². The molecule has 6 heteroatoms. The molecule has 0 aliphatic heterocycles. The smallest absolute Gasteiger partial charge is 0.340 e. The summed E-state index contributed by atoms with van der Waals surface area (Å²) in [5.41, 5.74) is 0.901. The van der Waals surface area contributed by atoms with Gasteiger partial charge in [-0.2, -0.15) is 0 Å². The molecule has 0 aromatic carbocycles. The molecule has 0 spiro atoms. The monoisotopic (exact) mass is 288 g/mol. The Morgan fingerprint density at radius 1 is 1.19 bits per heavy atom. The van der Waals surface area contributed by atoms with Crippen LogP contribution in [0.15, 0.2) is 30.5 Å². The molecule has 0 bridgehead atoms. The zero-order chi connectivity index (χ0) is 15.6. The van der Waals surface area contributed by atoms with Crippen LogP contribution in [-0.4, -0.2) is 28.8 Å². The number of imide groups is 1. The number of fused-ring (bicyclic) bond motifs is 1. The molecule has 110 valence electrons. The van der Waals surface area contributed by atoms with Crippen LogP contribution < -0.4 is 4.90 Å². The van der Waals surface area contributed by atoms with Crippen LogP contribution in [0.25, 0.3) is 5.52 Å². The fraction of sp³-hybridized carbons (Fsp3) is 0.267. The maximum Gasteiger partial charge on any atom is 0.340 e. The first-order valence-corrected chi connectivity index (χ1v) is 6.55. The Morgan fingerprint density at radius 3 is 2.43 bits per heavy atom. The van der Waals surface area contributed by atoms with Crippen molar-refractivity contribution in [1.29, 1.82) is 0 Å². The molecular formula is C15H16N2O4. The predicted octanol–water partition coefficient (Wildman–Crippen LogP) is 2.02. The first-order chi connectivity index (χ1) is 9.97. The molecule has 0 fully saturated rings. The summed E-state index contributed by atoms with van der Waals surface area (Å²) in [6.07, 6.45) is 1.69. The second-order valence-electron chi connectivity index (χ2n) is 4.47. The Hall–Kier alpha value is -2.63. The van der Waals surface area contributed by atoms with Crippen molar-refractivity contribution in [2.75, 3.05) is 11.5 Å². The van der Waals surface area contributed by atoms with E-state index in [9.17, 15) is 14.4 Å². The maximum absolute atomic E-state index is 12.0. The van der Waals surface area contributed by atoms with Crippen LogP contribution in [0.5, 0.6) is 0 Å². The van der Waals surface area contributed by atoms with E-state index >= 15 is 0 Å². The molecular weight excluding hydrogens is 272 g/mol. The highest BCUT2D eigenvalue weighted by atomic mass is 16.5. The Morgan fingerprint density at radius 2 is 1.86 bits per heavy atom. The second kappa shape index (κ2) is 5.78. The van der Waals surface area contributed by atoms with Crippen molar-refractivity contribution in [3.05, 3.63) is 36.0 Å². The molecule has 0 unspecified atom stereocenters. The molecule has 0 atom stereocenters. The summed E-state index contributed by atoms with van der Waals surface area (Å²) in [5.74, 6) is -0.990. The summed E-state index contributed by atoms with van der Waals surface area (Å²) < 4.78 is 6.63. The van der Waals surface area contributed by atoms with Gasteiger partial charge in [0.25, 0.3) is 0 Å². The lowest BCUT2D eigenvalue weighted by atomic mass is 10.2. The van der Waals surface area contributed by atoms with E-state index in [4.69, 9.17) is 4.74 Å². The predicted molar refractivity (Wildman–Crippen MR) is 77.2 cm³/mol. The molecule has 2 aromatic rings. The van der Waals surface area contributed by atoms with Gasteiger partial charge in [0.15, 0.2) is 0 Å². The zero-order valence-corrected chi connectivity index (χ0v) is 12.1. The van der Waals surface area contributed by atoms with Gasteiger partial charge in [0.2, 0.25) is 11.8 Å². The van der Waals surface area contributed by atoms with E-state index < -0.39 is 17.8 Å². The van der Waals surface area contributed by atoms with Gasteiger partial charge in [0, 0.05) is 20.0 Å². The lowest BCUT2D eigenvalue weighted by molar-refractivity contribution is -0.124. The number of anilines is 1. The van der Waals surface area contributed by atoms with Crippen molar-refractivity contribution >= 4 is 29.1 Å². The number of amides is 2. The van der Waals surface area contributed by atoms with E-state index in [0.717, 1.165) is 4.90 Å². The molecule has 0 aliphatic carbocycles. The molecule has 2 amide bonds. The van der Waals surface area contributed by atoms with Crippen LogP contribution in [0.1, 0.15) is 31.1 Å². The molecule has 0 saturated heterocycles. The minimum absolute atomic E-state index is 0.251. The number of ether oxygens (including phenoxy) is 1. The van der Waals surface area contributed by atoms with E-state index in [2.05, 4.69) is 0 Å². The number of nitrogens with zero attached hydrogens (tertiary/aromatic N) is 2. The molecule has 2 aromatic heterocycles. The highest BCUT2D eigenvalue weighted by Gasteiger charge is 2.24. The van der Waals surface area contributed by atoms with Gasteiger partial charge in [-0.25, -0.2) is 9.69 Å². The van der Waals surface area contributed by atoms with E-state index in [0.29, 0.717) is 16.9 Å². The van der Waals surface area contributed by atoms with Crippen molar-refractivity contribution in [3.8, 4) is 0 Å². The summed E-state index contributed by atoms with van der Waals surface area (Å²) in [6, 6.07) is 6.75. The number of aromatic nitrogens is 1. The molecule has 2 rings (SSSR count). The van der Waals surface area contributed by atoms with Gasteiger partial charge in [0.05, 0.1) is 17.7 Å². The summed E-state index contributed by atoms with van der Waals surface area (Å²) in [7, 11) is 0. The van der Waals surface area contributed by atoms with Gasteiger partial charge in [-0.1, -0.05) is 6.07 Å². The average molecular weight is 288 g/mol. The Kier molecular flexibility index (Phi) is 4.07. The van der Waals surface area contributed by atoms with Gasteiger partial charge in [-0.05, 0) is 25.1 Å². The molecule has 21 heavy (non-hydrogen) atoms. The molecule has 0 N–H and O–H groups in total. The third-order valence-electron chi connectivity index (χ3n) is 3.01. The Labute approximate surface area is 121 Å². The number of rotatable bonds is 3. The van der Waals surface area contributed by atoms with Crippen molar-refractivity contribution in [2.45, 2.75) is 20.8 Å². The number of hydrogen-bond donors (Lipinski definition) is 0. The van der Waals surface area contributed by atoms with Gasteiger partial charge >= 0.3 is 5.97 Å². The fourth-order valence-electron chi connectivity index (χ4n) is 2.22. The van der Waals surface area contributed by atoms with Gasteiger partial charge < -0.3 is 9.14 Å². The summed E-state index contributed by atoms with van der Waals surface area (Å²) in [6.45, 7) is 4.57. The van der Waals surface area contributed by atoms with E-state index in [1.54, 1.807) is 35.7 Å². The molecule has 0 saturated carbocycles. The van der Waals surface area contributed by atoms with Gasteiger partial charge in [-0.15, -0.1) is 0 Å². The first kappa shape index (κ1) is 14.8. The minimum atomic E-state index is -0.487. The minimum Gasteiger partial charge on any atom is -0.462 e. The first-order valence-electron chi connectivity index (χ1n) is 6.55.